The summed E-state index contributed by atoms with van der Waals surface area (Å²) in [6.07, 6.45) is 0.173. The quantitative estimate of drug-likeness (QED) is 0.902. The molecule has 4 nitrogen and oxygen atoms in total. The molecule has 1 aromatic rings. The predicted molar refractivity (Wildman–Crippen MR) is 70.2 cm³/mol. The van der Waals surface area contributed by atoms with E-state index < -0.39 is 12.1 Å². The molecule has 1 heterocycles. The number of carboxylic acid groups (broad SMARTS) is 1. The second-order valence-electron chi connectivity index (χ2n) is 4.95. The van der Waals surface area contributed by atoms with E-state index in [1.165, 1.54) is 11.3 Å². The first kappa shape index (κ1) is 14.0. The van der Waals surface area contributed by atoms with Crippen molar-refractivity contribution in [3.8, 4) is 0 Å². The topological polar surface area (TPSA) is 57.6 Å². The maximum Gasteiger partial charge on any atom is 0.308 e. The number of thiophene rings is 1. The predicted octanol–water partition coefficient (Wildman–Crippen LogP) is 2.20. The fraction of sp³-hybridized carbons (Fsp3) is 0.538. The molecule has 1 aliphatic carbocycles. The van der Waals surface area contributed by atoms with Crippen LogP contribution in [0.2, 0.25) is 0 Å². The Labute approximate surface area is 114 Å². The molecule has 0 saturated heterocycles. The van der Waals surface area contributed by atoms with Crippen LogP contribution in [0.4, 0.5) is 4.39 Å². The van der Waals surface area contributed by atoms with Gasteiger partial charge in [0.2, 0.25) is 0 Å². The fourth-order valence-electron chi connectivity index (χ4n) is 2.28. The maximum atomic E-state index is 12.7. The van der Waals surface area contributed by atoms with Crippen molar-refractivity contribution in [2.24, 2.45) is 5.92 Å². The highest BCUT2D eigenvalue weighted by molar-refractivity contribution is 7.10. The summed E-state index contributed by atoms with van der Waals surface area (Å²) in [7, 11) is 1.68. The second-order valence-corrected chi connectivity index (χ2v) is 5.95. The number of carbonyl (C=O) groups excluding carboxylic acids is 1. The van der Waals surface area contributed by atoms with Crippen LogP contribution in [0.15, 0.2) is 11.4 Å². The second kappa shape index (κ2) is 5.69. The summed E-state index contributed by atoms with van der Waals surface area (Å²) in [6.45, 7) is 0.529. The Kier molecular flexibility index (Phi) is 4.19. The van der Waals surface area contributed by atoms with Crippen LogP contribution in [0.3, 0.4) is 0 Å². The van der Waals surface area contributed by atoms with Crippen molar-refractivity contribution >= 4 is 23.2 Å². The molecule has 0 aliphatic heterocycles. The van der Waals surface area contributed by atoms with Crippen LogP contribution in [-0.4, -0.2) is 41.6 Å². The average molecular weight is 285 g/mol. The summed E-state index contributed by atoms with van der Waals surface area (Å²) in [5.74, 6) is -0.899. The van der Waals surface area contributed by atoms with Gasteiger partial charge < -0.3 is 10.0 Å². The van der Waals surface area contributed by atoms with E-state index in [-0.39, 0.29) is 18.2 Å². The molecule has 19 heavy (non-hydrogen) atoms. The number of hydrogen-bond acceptors (Lipinski definition) is 3. The van der Waals surface area contributed by atoms with Crippen molar-refractivity contribution in [2.75, 3.05) is 13.6 Å². The van der Waals surface area contributed by atoms with Gasteiger partial charge >= 0.3 is 5.97 Å². The molecule has 0 atom stereocenters. The third-order valence-electron chi connectivity index (χ3n) is 3.34. The van der Waals surface area contributed by atoms with Gasteiger partial charge in [0.05, 0.1) is 12.0 Å². The molecule has 1 saturated carbocycles. The SMILES string of the molecule is CN(CC1CC(F)C1)C(=O)c1ccsc1CC(=O)O. The van der Waals surface area contributed by atoms with Gasteiger partial charge in [-0.05, 0) is 30.2 Å². The fourth-order valence-corrected chi connectivity index (χ4v) is 3.14. The highest BCUT2D eigenvalue weighted by atomic mass is 32.1. The third-order valence-corrected chi connectivity index (χ3v) is 4.27. The largest absolute Gasteiger partial charge is 0.481 e. The van der Waals surface area contributed by atoms with Gasteiger partial charge in [-0.3, -0.25) is 9.59 Å². The molecule has 0 spiro atoms. The van der Waals surface area contributed by atoms with Crippen LogP contribution in [0.5, 0.6) is 0 Å². The van der Waals surface area contributed by atoms with Crippen molar-refractivity contribution < 1.29 is 19.1 Å². The Morgan fingerprint density at radius 2 is 2.21 bits per heavy atom. The third kappa shape index (κ3) is 3.32. The minimum absolute atomic E-state index is 0.136. The molecule has 1 aromatic heterocycles. The monoisotopic (exact) mass is 285 g/mol. The van der Waals surface area contributed by atoms with Crippen molar-refractivity contribution in [1.82, 2.24) is 4.90 Å². The van der Waals surface area contributed by atoms with Crippen LogP contribution in [-0.2, 0) is 11.2 Å². The molecule has 0 bridgehead atoms. The van der Waals surface area contributed by atoms with E-state index in [2.05, 4.69) is 0 Å². The Hall–Kier alpha value is -1.43. The summed E-state index contributed by atoms with van der Waals surface area (Å²) >= 11 is 1.27. The number of amides is 1. The lowest BCUT2D eigenvalue weighted by atomic mass is 9.83. The Morgan fingerprint density at radius 3 is 2.79 bits per heavy atom. The normalized spacial score (nSPS) is 21.8. The van der Waals surface area contributed by atoms with Gasteiger partial charge in [-0.15, -0.1) is 11.3 Å². The molecule has 0 radical (unpaired) electrons. The summed E-state index contributed by atoms with van der Waals surface area (Å²) in [5.41, 5.74) is 0.450. The van der Waals surface area contributed by atoms with Gasteiger partial charge in [-0.25, -0.2) is 4.39 Å². The standard InChI is InChI=1S/C13H16FNO3S/c1-15(7-8-4-9(14)5-8)13(18)10-2-3-19-11(10)6-12(16)17/h2-3,8-9H,4-7H2,1H3,(H,16,17). The van der Waals surface area contributed by atoms with E-state index in [1.54, 1.807) is 23.4 Å². The number of rotatable bonds is 5. The van der Waals surface area contributed by atoms with Crippen molar-refractivity contribution in [3.63, 3.8) is 0 Å². The van der Waals surface area contributed by atoms with Crippen LogP contribution in [0.25, 0.3) is 0 Å². The van der Waals surface area contributed by atoms with Gasteiger partial charge in [-0.2, -0.15) is 0 Å². The van der Waals surface area contributed by atoms with Crippen LogP contribution < -0.4 is 0 Å². The van der Waals surface area contributed by atoms with Gasteiger partial charge in [0.15, 0.2) is 0 Å². The molecule has 1 fully saturated rings. The molecule has 6 heteroatoms. The van der Waals surface area contributed by atoms with Gasteiger partial charge in [0, 0.05) is 18.5 Å². The van der Waals surface area contributed by atoms with Gasteiger partial charge in [0.1, 0.15) is 6.17 Å². The van der Waals surface area contributed by atoms with E-state index in [4.69, 9.17) is 5.11 Å². The number of hydrogen-bond donors (Lipinski definition) is 1. The molecular formula is C13H16FNO3S. The van der Waals surface area contributed by atoms with E-state index in [0.717, 1.165) is 0 Å². The van der Waals surface area contributed by atoms with Crippen LogP contribution >= 0.6 is 11.3 Å². The molecule has 2 rings (SSSR count). The molecule has 0 aromatic carbocycles. The van der Waals surface area contributed by atoms with Crippen molar-refractivity contribution in [2.45, 2.75) is 25.4 Å². The number of aliphatic carboxylic acids is 1. The molecule has 0 unspecified atom stereocenters. The summed E-state index contributed by atoms with van der Waals surface area (Å²) in [6, 6.07) is 1.65. The molecule has 1 N–H and O–H groups in total. The summed E-state index contributed by atoms with van der Waals surface area (Å²) in [4.78, 5) is 25.1. The van der Waals surface area contributed by atoms with E-state index in [1.807, 2.05) is 0 Å². The minimum atomic E-state index is -0.946. The number of carboxylic acids is 1. The molecule has 1 amide bonds. The Bertz CT molecular complexity index is 482. The molecule has 104 valence electrons. The zero-order valence-corrected chi connectivity index (χ0v) is 11.5. The smallest absolute Gasteiger partial charge is 0.308 e. The zero-order chi connectivity index (χ0) is 14.0. The van der Waals surface area contributed by atoms with E-state index >= 15 is 0 Å². The average Bonchev–Trinajstić information content (AvgIpc) is 2.73. The number of alkyl halides is 1. The summed E-state index contributed by atoms with van der Waals surface area (Å²) < 4.78 is 12.7. The van der Waals surface area contributed by atoms with Gasteiger partial charge in [-0.1, -0.05) is 0 Å². The zero-order valence-electron chi connectivity index (χ0n) is 10.6. The van der Waals surface area contributed by atoms with E-state index in [9.17, 15) is 14.0 Å². The van der Waals surface area contributed by atoms with Crippen LogP contribution in [0.1, 0.15) is 28.1 Å². The number of nitrogens with zero attached hydrogens (tertiary/aromatic N) is 1. The van der Waals surface area contributed by atoms with Gasteiger partial charge in [0.25, 0.3) is 5.91 Å². The molecule has 1 aliphatic rings. The van der Waals surface area contributed by atoms with Crippen molar-refractivity contribution in [3.05, 3.63) is 21.9 Å². The number of halogens is 1. The first-order valence-corrected chi connectivity index (χ1v) is 7.03. The molecular weight excluding hydrogens is 269 g/mol. The highest BCUT2D eigenvalue weighted by Gasteiger charge is 2.31. The lowest BCUT2D eigenvalue weighted by Crippen LogP contribution is -2.38. The first-order valence-electron chi connectivity index (χ1n) is 6.15. The number of carbonyl (C=O) groups is 2. The lowest BCUT2D eigenvalue weighted by molar-refractivity contribution is -0.136. The summed E-state index contributed by atoms with van der Waals surface area (Å²) in [5, 5.41) is 10.5. The Balaban J connectivity index is 1.98. The van der Waals surface area contributed by atoms with E-state index in [0.29, 0.717) is 29.8 Å². The minimum Gasteiger partial charge on any atom is -0.481 e. The lowest BCUT2D eigenvalue weighted by Gasteiger charge is -2.33. The maximum absolute atomic E-state index is 12.7. The first-order chi connectivity index (χ1) is 8.97. The Morgan fingerprint density at radius 1 is 1.53 bits per heavy atom. The van der Waals surface area contributed by atoms with Crippen LogP contribution in [0, 0.1) is 5.92 Å². The highest BCUT2D eigenvalue weighted by Crippen LogP contribution is 2.31. The van der Waals surface area contributed by atoms with Crippen molar-refractivity contribution in [1.29, 1.82) is 0 Å².